The zero-order valence-corrected chi connectivity index (χ0v) is 19.9. The highest BCUT2D eigenvalue weighted by Crippen LogP contribution is 2.30. The molecule has 0 aliphatic carbocycles. The average Bonchev–Trinajstić information content (AvgIpc) is 3.32. The van der Waals surface area contributed by atoms with Gasteiger partial charge in [-0.25, -0.2) is 0 Å². The Balaban J connectivity index is 1.30. The first kappa shape index (κ1) is 22.4. The predicted octanol–water partition coefficient (Wildman–Crippen LogP) is 4.68. The lowest BCUT2D eigenvalue weighted by atomic mass is 10.2. The number of ether oxygens (including phenoxy) is 2. The van der Waals surface area contributed by atoms with Gasteiger partial charge in [-0.15, -0.1) is 10.2 Å². The molecular formula is C26H27N5O2S. The maximum Gasteiger partial charge on any atom is 0.232 e. The summed E-state index contributed by atoms with van der Waals surface area (Å²) in [7, 11) is 0. The number of hydrogen-bond acceptors (Lipinski definition) is 7. The van der Waals surface area contributed by atoms with Crippen molar-refractivity contribution in [2.24, 2.45) is 0 Å². The third-order valence-corrected chi connectivity index (χ3v) is 6.57. The topological polar surface area (TPSA) is 65.3 Å². The standard InChI is InChI=1S/C26H27N5O2S/c1-20-5-4-7-23(17-20)31-25(30-13-15-32-16-14-30)28-29-26(31)34-19-21-8-10-24(11-9-21)33-18-22-6-2-3-12-27-22/h2-12,17H,13-16,18-19H2,1H3. The highest BCUT2D eigenvalue weighted by Gasteiger charge is 2.22. The zero-order valence-electron chi connectivity index (χ0n) is 19.1. The van der Waals surface area contributed by atoms with Crippen molar-refractivity contribution < 1.29 is 9.47 Å². The number of aryl methyl sites for hydroxylation is 1. The molecule has 1 saturated heterocycles. The highest BCUT2D eigenvalue weighted by atomic mass is 32.2. The second-order valence-electron chi connectivity index (χ2n) is 8.10. The molecule has 0 saturated carbocycles. The normalized spacial score (nSPS) is 13.7. The summed E-state index contributed by atoms with van der Waals surface area (Å²) in [6.45, 7) is 5.60. The summed E-state index contributed by atoms with van der Waals surface area (Å²) in [5, 5.41) is 9.99. The van der Waals surface area contributed by atoms with Crippen LogP contribution >= 0.6 is 11.8 Å². The molecule has 34 heavy (non-hydrogen) atoms. The number of morpholine rings is 1. The van der Waals surface area contributed by atoms with E-state index in [-0.39, 0.29) is 0 Å². The minimum absolute atomic E-state index is 0.457. The number of aromatic nitrogens is 4. The van der Waals surface area contributed by atoms with E-state index in [1.54, 1.807) is 18.0 Å². The maximum atomic E-state index is 5.86. The van der Waals surface area contributed by atoms with Crippen LogP contribution in [0, 0.1) is 6.92 Å². The Morgan fingerprint density at radius 3 is 2.59 bits per heavy atom. The molecule has 2 aromatic carbocycles. The van der Waals surface area contributed by atoms with Gasteiger partial charge in [-0.05, 0) is 54.4 Å². The quantitative estimate of drug-likeness (QED) is 0.344. The molecule has 0 unspecified atom stereocenters. The van der Waals surface area contributed by atoms with Crippen LogP contribution in [0.5, 0.6) is 5.75 Å². The number of anilines is 1. The van der Waals surface area contributed by atoms with Gasteiger partial charge in [0, 0.05) is 25.0 Å². The van der Waals surface area contributed by atoms with Crippen molar-refractivity contribution in [3.63, 3.8) is 0 Å². The van der Waals surface area contributed by atoms with Gasteiger partial charge in [-0.2, -0.15) is 0 Å². The third-order valence-electron chi connectivity index (χ3n) is 5.57. The van der Waals surface area contributed by atoms with Gasteiger partial charge in [0.25, 0.3) is 0 Å². The largest absolute Gasteiger partial charge is 0.487 e. The van der Waals surface area contributed by atoms with Gasteiger partial charge < -0.3 is 14.4 Å². The maximum absolute atomic E-state index is 5.86. The van der Waals surface area contributed by atoms with Crippen molar-refractivity contribution >= 4 is 17.7 Å². The number of nitrogens with zero attached hydrogens (tertiary/aromatic N) is 5. The molecule has 0 radical (unpaired) electrons. The molecule has 0 bridgehead atoms. The van der Waals surface area contributed by atoms with E-state index >= 15 is 0 Å². The fraction of sp³-hybridized carbons (Fsp3) is 0.269. The lowest BCUT2D eigenvalue weighted by Gasteiger charge is -2.28. The SMILES string of the molecule is Cc1cccc(-n2c(SCc3ccc(OCc4ccccn4)cc3)nnc2N2CCOCC2)c1. The van der Waals surface area contributed by atoms with Crippen LogP contribution in [0.1, 0.15) is 16.8 Å². The molecule has 8 heteroatoms. The number of benzene rings is 2. The van der Waals surface area contributed by atoms with Gasteiger partial charge in [0.2, 0.25) is 5.95 Å². The van der Waals surface area contributed by atoms with Crippen LogP contribution < -0.4 is 9.64 Å². The van der Waals surface area contributed by atoms with E-state index in [2.05, 4.69) is 68.0 Å². The van der Waals surface area contributed by atoms with Crippen molar-refractivity contribution in [2.45, 2.75) is 24.4 Å². The van der Waals surface area contributed by atoms with Crippen LogP contribution in [0.25, 0.3) is 5.69 Å². The number of thioether (sulfide) groups is 1. The summed E-state index contributed by atoms with van der Waals surface area (Å²) in [6.07, 6.45) is 1.78. The Bertz CT molecular complexity index is 1210. The Morgan fingerprint density at radius 1 is 0.971 bits per heavy atom. The van der Waals surface area contributed by atoms with Crippen molar-refractivity contribution in [1.29, 1.82) is 0 Å². The average molecular weight is 474 g/mol. The van der Waals surface area contributed by atoms with Crippen LogP contribution in [0.4, 0.5) is 5.95 Å². The van der Waals surface area contributed by atoms with Crippen LogP contribution in [0.15, 0.2) is 78.1 Å². The van der Waals surface area contributed by atoms with Gasteiger partial charge in [-0.1, -0.05) is 42.1 Å². The second-order valence-corrected chi connectivity index (χ2v) is 9.04. The fourth-order valence-corrected chi connectivity index (χ4v) is 4.69. The summed E-state index contributed by atoms with van der Waals surface area (Å²) in [4.78, 5) is 6.54. The predicted molar refractivity (Wildman–Crippen MR) is 134 cm³/mol. The highest BCUT2D eigenvalue weighted by molar-refractivity contribution is 7.98. The molecule has 0 atom stereocenters. The lowest BCUT2D eigenvalue weighted by Crippen LogP contribution is -2.37. The number of hydrogen-bond donors (Lipinski definition) is 0. The summed E-state index contributed by atoms with van der Waals surface area (Å²) in [5.74, 6) is 2.49. The molecule has 1 aliphatic rings. The summed E-state index contributed by atoms with van der Waals surface area (Å²) >= 11 is 1.68. The molecule has 0 amide bonds. The zero-order chi connectivity index (χ0) is 23.2. The van der Waals surface area contributed by atoms with Gasteiger partial charge in [-0.3, -0.25) is 9.55 Å². The van der Waals surface area contributed by atoms with Crippen LogP contribution in [0.3, 0.4) is 0 Å². The van der Waals surface area contributed by atoms with E-state index in [0.717, 1.165) is 47.1 Å². The Hall–Kier alpha value is -3.36. The van der Waals surface area contributed by atoms with Crippen LogP contribution in [-0.2, 0) is 17.1 Å². The van der Waals surface area contributed by atoms with E-state index in [1.807, 2.05) is 30.3 Å². The Morgan fingerprint density at radius 2 is 1.82 bits per heavy atom. The third kappa shape index (κ3) is 5.40. The minimum atomic E-state index is 0.457. The summed E-state index contributed by atoms with van der Waals surface area (Å²) < 4.78 is 13.5. The van der Waals surface area contributed by atoms with E-state index in [1.165, 1.54) is 11.1 Å². The first-order chi connectivity index (χ1) is 16.8. The van der Waals surface area contributed by atoms with Gasteiger partial charge in [0.05, 0.1) is 24.6 Å². The molecule has 4 aromatic rings. The molecule has 0 N–H and O–H groups in total. The molecule has 174 valence electrons. The van der Waals surface area contributed by atoms with Gasteiger partial charge >= 0.3 is 0 Å². The monoisotopic (exact) mass is 473 g/mol. The molecule has 1 fully saturated rings. The minimum Gasteiger partial charge on any atom is -0.487 e. The van der Waals surface area contributed by atoms with Crippen LogP contribution in [-0.4, -0.2) is 46.1 Å². The fourth-order valence-electron chi connectivity index (χ4n) is 3.79. The molecular weight excluding hydrogens is 446 g/mol. The molecule has 7 nitrogen and oxygen atoms in total. The van der Waals surface area contributed by atoms with Gasteiger partial charge in [0.15, 0.2) is 5.16 Å². The molecule has 2 aromatic heterocycles. The molecule has 3 heterocycles. The van der Waals surface area contributed by atoms with Crippen LogP contribution in [0.2, 0.25) is 0 Å². The Labute approximate surface area is 203 Å². The second kappa shape index (κ2) is 10.7. The van der Waals surface area contributed by atoms with Crippen molar-refractivity contribution in [3.8, 4) is 11.4 Å². The van der Waals surface area contributed by atoms with E-state index < -0.39 is 0 Å². The van der Waals surface area contributed by atoms with E-state index in [9.17, 15) is 0 Å². The van der Waals surface area contributed by atoms with E-state index in [0.29, 0.717) is 19.8 Å². The lowest BCUT2D eigenvalue weighted by molar-refractivity contribution is 0.122. The first-order valence-corrected chi connectivity index (χ1v) is 12.3. The molecule has 0 spiro atoms. The summed E-state index contributed by atoms with van der Waals surface area (Å²) in [5.41, 5.74) is 4.39. The van der Waals surface area contributed by atoms with Crippen molar-refractivity contribution in [1.82, 2.24) is 19.7 Å². The van der Waals surface area contributed by atoms with Crippen molar-refractivity contribution in [2.75, 3.05) is 31.2 Å². The molecule has 5 rings (SSSR count). The van der Waals surface area contributed by atoms with Gasteiger partial charge in [0.1, 0.15) is 12.4 Å². The Kier molecular flexibility index (Phi) is 7.07. The number of pyridine rings is 1. The summed E-state index contributed by atoms with van der Waals surface area (Å²) in [6, 6.07) is 22.5. The van der Waals surface area contributed by atoms with E-state index in [4.69, 9.17) is 9.47 Å². The van der Waals surface area contributed by atoms with Crippen molar-refractivity contribution in [3.05, 3.63) is 89.7 Å². The molecule has 1 aliphatic heterocycles. The smallest absolute Gasteiger partial charge is 0.232 e. The number of rotatable bonds is 8. The first-order valence-electron chi connectivity index (χ1n) is 11.4.